The number of rotatable bonds is 3. The fraction of sp³-hybridized carbons (Fsp3) is 0.318. The number of anilines is 2. The fourth-order valence-corrected chi connectivity index (χ4v) is 4.34. The molecule has 1 aromatic carbocycles. The molecule has 9 heteroatoms. The number of aromatic nitrogens is 4. The minimum Gasteiger partial charge on any atom is -0.368 e. The molecule has 5 rings (SSSR count). The SMILES string of the molecule is Cc1cn2cc(NC(=O)c3ccc(N4CCNCC4)c4cn(C)nc34)c(F)c2c(C)n1. The van der Waals surface area contributed by atoms with E-state index in [4.69, 9.17) is 0 Å². The van der Waals surface area contributed by atoms with Gasteiger partial charge in [0.1, 0.15) is 11.0 Å². The Bertz CT molecular complexity index is 1320. The van der Waals surface area contributed by atoms with E-state index >= 15 is 4.39 Å². The number of piperazine rings is 1. The third kappa shape index (κ3) is 3.31. The molecule has 1 aliphatic rings. The topological polar surface area (TPSA) is 79.5 Å². The van der Waals surface area contributed by atoms with Crippen LogP contribution in [0.4, 0.5) is 15.8 Å². The van der Waals surface area contributed by atoms with E-state index in [1.807, 2.05) is 26.2 Å². The summed E-state index contributed by atoms with van der Waals surface area (Å²) in [5.41, 5.74) is 3.90. The molecule has 0 unspecified atom stereocenters. The monoisotopic (exact) mass is 421 g/mol. The van der Waals surface area contributed by atoms with Crippen LogP contribution in [0, 0.1) is 19.7 Å². The van der Waals surface area contributed by atoms with E-state index in [1.165, 1.54) is 0 Å². The van der Waals surface area contributed by atoms with Crippen LogP contribution in [-0.4, -0.2) is 51.3 Å². The quantitative estimate of drug-likeness (QED) is 0.532. The van der Waals surface area contributed by atoms with Crippen molar-refractivity contribution in [3.63, 3.8) is 0 Å². The molecule has 31 heavy (non-hydrogen) atoms. The first-order chi connectivity index (χ1) is 14.9. The summed E-state index contributed by atoms with van der Waals surface area (Å²) in [6, 6.07) is 3.72. The van der Waals surface area contributed by atoms with Gasteiger partial charge in [0.15, 0.2) is 5.82 Å². The second-order valence-electron chi connectivity index (χ2n) is 7.97. The van der Waals surface area contributed by atoms with E-state index < -0.39 is 11.7 Å². The van der Waals surface area contributed by atoms with Crippen LogP contribution in [0.15, 0.2) is 30.7 Å². The van der Waals surface area contributed by atoms with Gasteiger partial charge in [0.05, 0.1) is 22.6 Å². The van der Waals surface area contributed by atoms with Gasteiger partial charge in [-0.25, -0.2) is 4.39 Å². The van der Waals surface area contributed by atoms with Gasteiger partial charge in [-0.1, -0.05) is 0 Å². The van der Waals surface area contributed by atoms with Crippen LogP contribution in [0.5, 0.6) is 0 Å². The number of aryl methyl sites for hydroxylation is 3. The molecule has 4 aromatic rings. The molecular weight excluding hydrogens is 397 g/mol. The van der Waals surface area contributed by atoms with Crippen LogP contribution >= 0.6 is 0 Å². The molecule has 0 bridgehead atoms. The summed E-state index contributed by atoms with van der Waals surface area (Å²) < 4.78 is 18.4. The first-order valence-corrected chi connectivity index (χ1v) is 10.3. The van der Waals surface area contributed by atoms with Gasteiger partial charge in [0.25, 0.3) is 5.91 Å². The lowest BCUT2D eigenvalue weighted by Gasteiger charge is -2.30. The van der Waals surface area contributed by atoms with Crippen molar-refractivity contribution < 1.29 is 9.18 Å². The number of halogens is 1. The lowest BCUT2D eigenvalue weighted by molar-refractivity contribution is 0.102. The zero-order valence-corrected chi connectivity index (χ0v) is 17.7. The van der Waals surface area contributed by atoms with Crippen LogP contribution in [0.1, 0.15) is 21.7 Å². The predicted octanol–water partition coefficient (Wildman–Crippen LogP) is 2.64. The van der Waals surface area contributed by atoms with Gasteiger partial charge in [-0.15, -0.1) is 0 Å². The highest BCUT2D eigenvalue weighted by molar-refractivity contribution is 6.14. The lowest BCUT2D eigenvalue weighted by atomic mass is 10.1. The number of carbonyl (C=O) groups excluding carboxylic acids is 1. The molecule has 2 N–H and O–H groups in total. The first-order valence-electron chi connectivity index (χ1n) is 10.3. The highest BCUT2D eigenvalue weighted by Crippen LogP contribution is 2.30. The van der Waals surface area contributed by atoms with Gasteiger partial charge in [-0.05, 0) is 26.0 Å². The van der Waals surface area contributed by atoms with Crippen molar-refractivity contribution >= 4 is 33.7 Å². The number of amides is 1. The summed E-state index contributed by atoms with van der Waals surface area (Å²) in [4.78, 5) is 19.7. The fourth-order valence-electron chi connectivity index (χ4n) is 4.34. The number of nitrogens with one attached hydrogen (secondary N) is 2. The molecule has 0 saturated carbocycles. The van der Waals surface area contributed by atoms with E-state index in [0.717, 1.165) is 42.9 Å². The lowest BCUT2D eigenvalue weighted by Crippen LogP contribution is -2.43. The Balaban J connectivity index is 1.53. The molecule has 0 atom stereocenters. The van der Waals surface area contributed by atoms with Crippen LogP contribution in [0.3, 0.4) is 0 Å². The summed E-state index contributed by atoms with van der Waals surface area (Å²) in [6.07, 6.45) is 5.24. The highest BCUT2D eigenvalue weighted by atomic mass is 19.1. The zero-order chi connectivity index (χ0) is 21.7. The molecule has 1 saturated heterocycles. The van der Waals surface area contributed by atoms with E-state index in [9.17, 15) is 4.79 Å². The molecule has 160 valence electrons. The van der Waals surface area contributed by atoms with Crippen molar-refractivity contribution in [1.29, 1.82) is 0 Å². The van der Waals surface area contributed by atoms with Gasteiger partial charge in [-0.2, -0.15) is 5.10 Å². The Morgan fingerprint density at radius 1 is 1.16 bits per heavy atom. The number of hydrogen-bond acceptors (Lipinski definition) is 5. The van der Waals surface area contributed by atoms with Gasteiger partial charge >= 0.3 is 0 Å². The number of nitrogens with zero attached hydrogens (tertiary/aromatic N) is 5. The third-order valence-electron chi connectivity index (χ3n) is 5.70. The second-order valence-corrected chi connectivity index (χ2v) is 7.97. The van der Waals surface area contributed by atoms with Gasteiger partial charge < -0.3 is 19.9 Å². The maximum atomic E-state index is 15.0. The summed E-state index contributed by atoms with van der Waals surface area (Å²) in [6.45, 7) is 7.22. The minimum atomic E-state index is -0.493. The Hall–Kier alpha value is -3.46. The van der Waals surface area contributed by atoms with Crippen LogP contribution in [-0.2, 0) is 7.05 Å². The second kappa shape index (κ2) is 7.35. The summed E-state index contributed by atoms with van der Waals surface area (Å²) in [7, 11) is 1.83. The summed E-state index contributed by atoms with van der Waals surface area (Å²) in [5.74, 6) is -0.888. The average Bonchev–Trinajstić information content (AvgIpc) is 3.27. The van der Waals surface area contributed by atoms with Crippen LogP contribution in [0.25, 0.3) is 16.4 Å². The largest absolute Gasteiger partial charge is 0.368 e. The van der Waals surface area contributed by atoms with Crippen molar-refractivity contribution in [3.05, 3.63) is 53.5 Å². The maximum absolute atomic E-state index is 15.0. The van der Waals surface area contributed by atoms with Crippen LogP contribution < -0.4 is 15.5 Å². The standard InChI is InChI=1S/C22H24FN7O/c1-13-10-30-12-17(19(23)21(30)14(2)25-13)26-22(31)15-4-5-18(29-8-6-24-7-9-29)16-11-28(3)27-20(15)16/h4-5,10-12,24H,6-9H2,1-3H3,(H,26,31). The number of carbonyl (C=O) groups is 1. The normalized spacial score (nSPS) is 14.5. The molecule has 8 nitrogen and oxygen atoms in total. The molecule has 1 amide bonds. The van der Waals surface area contributed by atoms with E-state index in [-0.39, 0.29) is 5.69 Å². The molecule has 3 aromatic heterocycles. The van der Waals surface area contributed by atoms with E-state index in [1.54, 1.807) is 34.5 Å². The minimum absolute atomic E-state index is 0.121. The van der Waals surface area contributed by atoms with Gasteiger partial charge in [0, 0.05) is 62.9 Å². The summed E-state index contributed by atoms with van der Waals surface area (Å²) in [5, 5.41) is 11.5. The Morgan fingerprint density at radius 3 is 2.71 bits per heavy atom. The number of fused-ring (bicyclic) bond motifs is 2. The maximum Gasteiger partial charge on any atom is 0.258 e. The van der Waals surface area contributed by atoms with Crippen molar-refractivity contribution in [2.75, 3.05) is 36.4 Å². The Kier molecular flexibility index (Phi) is 4.62. The summed E-state index contributed by atoms with van der Waals surface area (Å²) >= 11 is 0. The third-order valence-corrected chi connectivity index (χ3v) is 5.70. The van der Waals surface area contributed by atoms with E-state index in [0.29, 0.717) is 22.3 Å². The molecule has 0 aliphatic carbocycles. The van der Waals surface area contributed by atoms with Crippen molar-refractivity contribution in [2.45, 2.75) is 13.8 Å². The molecule has 4 heterocycles. The highest BCUT2D eigenvalue weighted by Gasteiger charge is 2.22. The zero-order valence-electron chi connectivity index (χ0n) is 17.7. The number of benzene rings is 1. The predicted molar refractivity (Wildman–Crippen MR) is 118 cm³/mol. The van der Waals surface area contributed by atoms with Crippen LogP contribution in [0.2, 0.25) is 0 Å². The van der Waals surface area contributed by atoms with Gasteiger partial charge in [0.2, 0.25) is 0 Å². The number of hydrogen-bond donors (Lipinski definition) is 2. The molecule has 1 aliphatic heterocycles. The van der Waals surface area contributed by atoms with E-state index in [2.05, 4.69) is 25.6 Å². The molecule has 0 spiro atoms. The first kappa shape index (κ1) is 19.5. The van der Waals surface area contributed by atoms with Crippen molar-refractivity contribution in [2.24, 2.45) is 7.05 Å². The Labute approximate surface area is 178 Å². The Morgan fingerprint density at radius 2 is 1.94 bits per heavy atom. The molecular formula is C22H24FN7O. The van der Waals surface area contributed by atoms with Crippen molar-refractivity contribution in [1.82, 2.24) is 24.5 Å². The van der Waals surface area contributed by atoms with Crippen molar-refractivity contribution in [3.8, 4) is 0 Å². The van der Waals surface area contributed by atoms with Gasteiger partial charge in [-0.3, -0.25) is 14.5 Å². The molecule has 1 fully saturated rings. The molecule has 0 radical (unpaired) electrons. The average molecular weight is 421 g/mol. The smallest absolute Gasteiger partial charge is 0.258 e.